The van der Waals surface area contributed by atoms with Gasteiger partial charge >= 0.3 is 0 Å². The fourth-order valence-electron chi connectivity index (χ4n) is 4.21. The monoisotopic (exact) mass is 385 g/mol. The zero-order chi connectivity index (χ0) is 19.2. The quantitative estimate of drug-likeness (QED) is 0.528. The number of hydrogen-bond donors (Lipinski definition) is 0. The third-order valence-electron chi connectivity index (χ3n) is 6.02. The Morgan fingerprint density at radius 2 is 1.90 bits per heavy atom. The van der Waals surface area contributed by atoms with E-state index in [4.69, 9.17) is 10.1 Å². The van der Waals surface area contributed by atoms with Crippen molar-refractivity contribution in [3.8, 4) is 0 Å². The van der Waals surface area contributed by atoms with E-state index in [0.29, 0.717) is 5.92 Å². The van der Waals surface area contributed by atoms with Gasteiger partial charge in [0, 0.05) is 31.1 Å². The maximum Gasteiger partial charge on any atom is 0.178 e. The van der Waals surface area contributed by atoms with Crippen molar-refractivity contribution in [1.29, 1.82) is 0 Å². The fourth-order valence-corrected chi connectivity index (χ4v) is 4.21. The van der Waals surface area contributed by atoms with E-state index in [9.17, 15) is 0 Å². The molecule has 0 unspecified atom stereocenters. The first-order chi connectivity index (χ1) is 14.3. The van der Waals surface area contributed by atoms with E-state index in [1.807, 2.05) is 16.9 Å². The minimum atomic E-state index is 0.529. The van der Waals surface area contributed by atoms with E-state index in [1.54, 1.807) is 0 Å². The summed E-state index contributed by atoms with van der Waals surface area (Å²) in [6.45, 7) is 2.72. The molecule has 1 aliphatic carbocycles. The lowest BCUT2D eigenvalue weighted by Crippen LogP contribution is -2.32. The zero-order valence-electron chi connectivity index (χ0n) is 16.3. The van der Waals surface area contributed by atoms with Gasteiger partial charge in [-0.3, -0.25) is 0 Å². The van der Waals surface area contributed by atoms with Crippen molar-refractivity contribution < 1.29 is 0 Å². The molecule has 0 spiro atoms. The minimum absolute atomic E-state index is 0.529. The zero-order valence-corrected chi connectivity index (χ0v) is 16.3. The lowest BCUT2D eigenvalue weighted by Gasteiger charge is -2.28. The van der Waals surface area contributed by atoms with Gasteiger partial charge < -0.3 is 9.47 Å². The van der Waals surface area contributed by atoms with E-state index in [1.165, 1.54) is 24.1 Å². The van der Waals surface area contributed by atoms with Gasteiger partial charge in [0.15, 0.2) is 11.5 Å². The average Bonchev–Trinajstić information content (AvgIpc) is 3.40. The standard InChI is InChI=1S/C22H23N7/c1-2-4-16(5-3-1)10-12-28-15-23-18-14-27(13-11-19(18)28)21-9-8-20-24-25-22(17-6-7-17)29(20)26-21/h1-5,8-9,15,17H,6-7,10-14H2. The van der Waals surface area contributed by atoms with Gasteiger partial charge in [-0.05, 0) is 37.0 Å². The van der Waals surface area contributed by atoms with Gasteiger partial charge in [0.05, 0.1) is 18.6 Å². The molecule has 1 fully saturated rings. The van der Waals surface area contributed by atoms with E-state index < -0.39 is 0 Å². The van der Waals surface area contributed by atoms with Crippen molar-refractivity contribution in [1.82, 2.24) is 29.4 Å². The smallest absolute Gasteiger partial charge is 0.178 e. The molecule has 7 heteroatoms. The topological polar surface area (TPSA) is 64.1 Å². The molecule has 0 amide bonds. The Morgan fingerprint density at radius 1 is 1.00 bits per heavy atom. The van der Waals surface area contributed by atoms with Crippen molar-refractivity contribution in [2.24, 2.45) is 0 Å². The molecule has 0 N–H and O–H groups in total. The molecule has 3 aromatic heterocycles. The first-order valence-electron chi connectivity index (χ1n) is 10.4. The number of fused-ring (bicyclic) bond motifs is 2. The number of aryl methyl sites for hydroxylation is 2. The van der Waals surface area contributed by atoms with Gasteiger partial charge in [-0.2, -0.15) is 4.52 Å². The molecule has 7 nitrogen and oxygen atoms in total. The number of nitrogens with zero attached hydrogens (tertiary/aromatic N) is 7. The molecule has 0 bridgehead atoms. The number of hydrogen-bond acceptors (Lipinski definition) is 5. The highest BCUT2D eigenvalue weighted by Crippen LogP contribution is 2.38. The van der Waals surface area contributed by atoms with Crippen LogP contribution in [-0.2, 0) is 25.9 Å². The normalized spacial score (nSPS) is 16.3. The van der Waals surface area contributed by atoms with Crippen molar-refractivity contribution in [3.05, 3.63) is 71.6 Å². The van der Waals surface area contributed by atoms with Crippen LogP contribution in [0.1, 0.15) is 41.5 Å². The van der Waals surface area contributed by atoms with Gasteiger partial charge in [-0.25, -0.2) is 4.98 Å². The average molecular weight is 385 g/mol. The largest absolute Gasteiger partial charge is 0.349 e. The van der Waals surface area contributed by atoms with Gasteiger partial charge in [-0.15, -0.1) is 15.3 Å². The molecule has 0 saturated heterocycles. The molecule has 1 aliphatic heterocycles. The highest BCUT2D eigenvalue weighted by atomic mass is 15.4. The molecule has 1 saturated carbocycles. The lowest BCUT2D eigenvalue weighted by atomic mass is 10.1. The van der Waals surface area contributed by atoms with Crippen LogP contribution in [-0.4, -0.2) is 35.9 Å². The van der Waals surface area contributed by atoms with Crippen LogP contribution in [0.3, 0.4) is 0 Å². The van der Waals surface area contributed by atoms with Gasteiger partial charge in [0.25, 0.3) is 0 Å². The maximum absolute atomic E-state index is 4.86. The molecule has 2 aliphatic rings. The maximum atomic E-state index is 4.86. The molecule has 29 heavy (non-hydrogen) atoms. The van der Waals surface area contributed by atoms with Crippen molar-refractivity contribution in [2.45, 2.75) is 44.7 Å². The minimum Gasteiger partial charge on any atom is -0.349 e. The van der Waals surface area contributed by atoms with E-state index in [-0.39, 0.29) is 0 Å². The number of benzene rings is 1. The predicted molar refractivity (Wildman–Crippen MR) is 110 cm³/mol. The SMILES string of the molecule is c1ccc(CCn2cnc3c2CCN(c2ccc4nnc(C5CC5)n4n2)C3)cc1. The molecule has 0 radical (unpaired) electrons. The van der Waals surface area contributed by atoms with E-state index in [0.717, 1.165) is 55.5 Å². The van der Waals surface area contributed by atoms with Crippen LogP contribution in [0.25, 0.3) is 5.65 Å². The van der Waals surface area contributed by atoms with Crippen molar-refractivity contribution in [2.75, 3.05) is 11.4 Å². The van der Waals surface area contributed by atoms with Gasteiger partial charge in [-0.1, -0.05) is 30.3 Å². The Morgan fingerprint density at radius 3 is 2.76 bits per heavy atom. The number of imidazole rings is 1. The summed E-state index contributed by atoms with van der Waals surface area (Å²) in [5, 5.41) is 13.5. The Labute approximate surface area is 169 Å². The molecular weight excluding hydrogens is 362 g/mol. The first kappa shape index (κ1) is 16.7. The number of anilines is 1. The first-order valence-corrected chi connectivity index (χ1v) is 10.4. The van der Waals surface area contributed by atoms with Crippen LogP contribution in [0.4, 0.5) is 5.82 Å². The third kappa shape index (κ3) is 3.06. The van der Waals surface area contributed by atoms with Crippen LogP contribution in [0.5, 0.6) is 0 Å². The highest BCUT2D eigenvalue weighted by molar-refractivity contribution is 5.47. The Bertz CT molecular complexity index is 1160. The van der Waals surface area contributed by atoms with E-state index >= 15 is 0 Å². The summed E-state index contributed by atoms with van der Waals surface area (Å²) in [5.74, 6) is 2.51. The van der Waals surface area contributed by atoms with Gasteiger partial charge in [0.1, 0.15) is 5.82 Å². The third-order valence-corrected chi connectivity index (χ3v) is 6.02. The molecule has 4 aromatic rings. The predicted octanol–water partition coefficient (Wildman–Crippen LogP) is 3.00. The van der Waals surface area contributed by atoms with Crippen molar-refractivity contribution in [3.63, 3.8) is 0 Å². The van der Waals surface area contributed by atoms with Crippen LogP contribution in [0, 0.1) is 0 Å². The summed E-state index contributed by atoms with van der Waals surface area (Å²) in [7, 11) is 0. The molecular formula is C22H23N7. The number of rotatable bonds is 5. The summed E-state index contributed by atoms with van der Waals surface area (Å²) >= 11 is 0. The second-order valence-corrected chi connectivity index (χ2v) is 8.03. The molecule has 146 valence electrons. The highest BCUT2D eigenvalue weighted by Gasteiger charge is 2.30. The summed E-state index contributed by atoms with van der Waals surface area (Å²) < 4.78 is 4.25. The van der Waals surface area contributed by atoms with Crippen LogP contribution in [0.15, 0.2) is 48.8 Å². The summed E-state index contributed by atoms with van der Waals surface area (Å²) in [4.78, 5) is 7.03. The van der Waals surface area contributed by atoms with Crippen molar-refractivity contribution >= 4 is 11.5 Å². The summed E-state index contributed by atoms with van der Waals surface area (Å²) in [6, 6.07) is 14.7. The lowest BCUT2D eigenvalue weighted by molar-refractivity contribution is 0.619. The van der Waals surface area contributed by atoms with Crippen LogP contribution >= 0.6 is 0 Å². The van der Waals surface area contributed by atoms with Crippen LogP contribution < -0.4 is 4.90 Å². The van der Waals surface area contributed by atoms with Gasteiger partial charge in [0.2, 0.25) is 0 Å². The molecule has 4 heterocycles. The Hall–Kier alpha value is -3.22. The van der Waals surface area contributed by atoms with Crippen LogP contribution in [0.2, 0.25) is 0 Å². The molecule has 1 aromatic carbocycles. The summed E-state index contributed by atoms with van der Waals surface area (Å²) in [5.41, 5.74) is 4.72. The second kappa shape index (κ2) is 6.69. The molecule has 6 rings (SSSR count). The second-order valence-electron chi connectivity index (χ2n) is 8.03. The number of aromatic nitrogens is 6. The Kier molecular flexibility index (Phi) is 3.85. The molecule has 0 atom stereocenters. The Balaban J connectivity index is 1.21. The summed E-state index contributed by atoms with van der Waals surface area (Å²) in [6.07, 6.45) is 6.41. The fraction of sp³-hybridized carbons (Fsp3) is 0.364. The van der Waals surface area contributed by atoms with E-state index in [2.05, 4.69) is 56.1 Å².